The molecule has 0 fully saturated rings. The summed E-state index contributed by atoms with van der Waals surface area (Å²) in [4.78, 5) is 0. The molecule has 0 spiro atoms. The number of hydrogen-bond donors (Lipinski definition) is 0. The summed E-state index contributed by atoms with van der Waals surface area (Å²) < 4.78 is 0. The van der Waals surface area contributed by atoms with Crippen LogP contribution in [0.2, 0.25) is 0 Å². The lowest BCUT2D eigenvalue weighted by atomic mass is 11.3. The molecule has 0 nitrogen and oxygen atoms in total. The Bertz CT molecular complexity index is 127. The molecular formula is C6H4Si. The molecule has 32 valence electrons. The monoisotopic (exact) mass is 104 g/mol. The zero-order valence-electron chi connectivity index (χ0n) is 3.81. The molecule has 1 heteroatoms. The first-order chi connectivity index (χ1) is 3.35. The highest BCUT2D eigenvalue weighted by atomic mass is 28.3. The highest BCUT2D eigenvalue weighted by Gasteiger charge is 1.90. The Labute approximate surface area is 45.5 Å². The summed E-state index contributed by atoms with van der Waals surface area (Å²) in [6.07, 6.45) is 14.8. The summed E-state index contributed by atoms with van der Waals surface area (Å²) in [6, 6.07) is 0. The zero-order valence-corrected chi connectivity index (χ0v) is 4.96. The van der Waals surface area contributed by atoms with Gasteiger partial charge in [-0.15, -0.1) is 35.9 Å². The lowest BCUT2D eigenvalue weighted by molar-refractivity contribution is 2.65. The maximum Gasteiger partial charge on any atom is 0.275 e. The smallest absolute Gasteiger partial charge is 0.125 e. The van der Waals surface area contributed by atoms with Gasteiger partial charge in [0.05, 0.1) is 0 Å². The fourth-order valence-corrected chi connectivity index (χ4v) is 0.433. The number of terminal acetylenes is 3. The van der Waals surface area contributed by atoms with Crippen LogP contribution in [0.4, 0.5) is 0 Å². The summed E-state index contributed by atoms with van der Waals surface area (Å²) in [7, 11) is -1.59. The Morgan fingerprint density at radius 3 is 1.14 bits per heavy atom. The predicted molar refractivity (Wildman–Crippen MR) is 33.6 cm³/mol. The quantitative estimate of drug-likeness (QED) is 0.293. The van der Waals surface area contributed by atoms with Crippen LogP contribution in [0, 0.1) is 35.9 Å². The van der Waals surface area contributed by atoms with E-state index in [4.69, 9.17) is 19.3 Å². The van der Waals surface area contributed by atoms with Crippen molar-refractivity contribution in [2.75, 3.05) is 0 Å². The van der Waals surface area contributed by atoms with Gasteiger partial charge < -0.3 is 0 Å². The standard InChI is InChI=1S/C6H4Si/c1-4-7(5-2)6-3/h1-3,7H. The van der Waals surface area contributed by atoms with Crippen LogP contribution in [0.25, 0.3) is 0 Å². The average molecular weight is 104 g/mol. The molecule has 0 radical (unpaired) electrons. The van der Waals surface area contributed by atoms with Gasteiger partial charge in [-0.05, 0) is 0 Å². The van der Waals surface area contributed by atoms with Crippen molar-refractivity contribution in [1.82, 2.24) is 0 Å². The molecule has 0 rings (SSSR count). The summed E-state index contributed by atoms with van der Waals surface area (Å²) >= 11 is 0. The second-order valence-corrected chi connectivity index (χ2v) is 2.80. The maximum atomic E-state index is 4.92. The van der Waals surface area contributed by atoms with Crippen LogP contribution in [-0.4, -0.2) is 8.80 Å². The van der Waals surface area contributed by atoms with Crippen molar-refractivity contribution < 1.29 is 0 Å². The van der Waals surface area contributed by atoms with E-state index in [-0.39, 0.29) is 0 Å². The summed E-state index contributed by atoms with van der Waals surface area (Å²) in [5.74, 6) is 0. The second kappa shape index (κ2) is 3.10. The molecule has 0 aliphatic heterocycles. The van der Waals surface area contributed by atoms with Gasteiger partial charge in [0.15, 0.2) is 0 Å². The molecular weight excluding hydrogens is 100 g/mol. The number of hydrogen-bond acceptors (Lipinski definition) is 0. The van der Waals surface area contributed by atoms with E-state index in [2.05, 4.69) is 16.6 Å². The molecule has 0 saturated heterocycles. The maximum absolute atomic E-state index is 4.92. The van der Waals surface area contributed by atoms with Gasteiger partial charge >= 0.3 is 0 Å². The first-order valence-electron chi connectivity index (χ1n) is 1.73. The van der Waals surface area contributed by atoms with Gasteiger partial charge in [-0.1, -0.05) is 0 Å². The molecule has 0 unspecified atom stereocenters. The van der Waals surface area contributed by atoms with Gasteiger partial charge in [0.1, 0.15) is 0 Å². The molecule has 0 atom stereocenters. The third-order valence-electron chi connectivity index (χ3n) is 0.500. The topological polar surface area (TPSA) is 0 Å². The molecule has 0 bridgehead atoms. The van der Waals surface area contributed by atoms with E-state index in [0.717, 1.165) is 0 Å². The summed E-state index contributed by atoms with van der Waals surface area (Å²) in [6.45, 7) is 0. The second-order valence-electron chi connectivity index (χ2n) is 0.933. The third kappa shape index (κ3) is 1.71. The van der Waals surface area contributed by atoms with Crippen molar-refractivity contribution in [2.45, 2.75) is 0 Å². The van der Waals surface area contributed by atoms with E-state index in [9.17, 15) is 0 Å². The summed E-state index contributed by atoms with van der Waals surface area (Å²) in [5.41, 5.74) is 7.10. The minimum Gasteiger partial charge on any atom is -0.125 e. The van der Waals surface area contributed by atoms with E-state index in [0.29, 0.717) is 0 Å². The highest BCUT2D eigenvalue weighted by molar-refractivity contribution is 6.82. The van der Waals surface area contributed by atoms with Gasteiger partial charge in [0, 0.05) is 0 Å². The van der Waals surface area contributed by atoms with Crippen molar-refractivity contribution in [2.24, 2.45) is 0 Å². The minimum atomic E-state index is -1.59. The number of rotatable bonds is 0. The fourth-order valence-electron chi connectivity index (χ4n) is 0.144. The highest BCUT2D eigenvalue weighted by Crippen LogP contribution is 1.67. The lowest BCUT2D eigenvalue weighted by Crippen LogP contribution is -2.01. The molecule has 0 aromatic heterocycles. The molecule has 0 aliphatic rings. The first-order valence-corrected chi connectivity index (χ1v) is 3.46. The van der Waals surface area contributed by atoms with Crippen LogP contribution in [0.5, 0.6) is 0 Å². The van der Waals surface area contributed by atoms with Crippen molar-refractivity contribution in [3.05, 3.63) is 0 Å². The molecule has 0 N–H and O–H groups in total. The zero-order chi connectivity index (χ0) is 5.70. The van der Waals surface area contributed by atoms with Gasteiger partial charge in [-0.25, -0.2) is 0 Å². The molecule has 0 aromatic carbocycles. The van der Waals surface area contributed by atoms with Crippen LogP contribution >= 0.6 is 0 Å². The van der Waals surface area contributed by atoms with Crippen molar-refractivity contribution >= 4 is 8.80 Å². The lowest BCUT2D eigenvalue weighted by Gasteiger charge is -1.77. The van der Waals surface area contributed by atoms with E-state index in [1.165, 1.54) is 0 Å². The largest absolute Gasteiger partial charge is 0.275 e. The van der Waals surface area contributed by atoms with Gasteiger partial charge in [-0.2, -0.15) is 0 Å². The molecule has 0 amide bonds. The summed E-state index contributed by atoms with van der Waals surface area (Å²) in [5, 5.41) is 0. The van der Waals surface area contributed by atoms with Crippen molar-refractivity contribution in [1.29, 1.82) is 0 Å². The fraction of sp³-hybridized carbons (Fsp3) is 0. The predicted octanol–water partition coefficient (Wildman–Crippen LogP) is -0.269. The van der Waals surface area contributed by atoms with Crippen LogP contribution in [-0.2, 0) is 0 Å². The minimum absolute atomic E-state index is 1.59. The molecule has 0 aromatic rings. The van der Waals surface area contributed by atoms with E-state index >= 15 is 0 Å². The Balaban J connectivity index is 3.82. The Morgan fingerprint density at radius 2 is 1.14 bits per heavy atom. The van der Waals surface area contributed by atoms with Crippen LogP contribution in [0.3, 0.4) is 0 Å². The van der Waals surface area contributed by atoms with Crippen LogP contribution < -0.4 is 0 Å². The van der Waals surface area contributed by atoms with Gasteiger partial charge in [0.2, 0.25) is 0 Å². The van der Waals surface area contributed by atoms with Crippen LogP contribution in [0.15, 0.2) is 0 Å². The van der Waals surface area contributed by atoms with Crippen LogP contribution in [0.1, 0.15) is 0 Å². The normalized spacial score (nSPS) is 6.00. The third-order valence-corrected chi connectivity index (χ3v) is 1.50. The van der Waals surface area contributed by atoms with E-state index < -0.39 is 8.80 Å². The van der Waals surface area contributed by atoms with Crippen molar-refractivity contribution in [3.8, 4) is 35.9 Å². The molecule has 0 saturated carbocycles. The van der Waals surface area contributed by atoms with Gasteiger partial charge in [0.25, 0.3) is 8.80 Å². The molecule has 0 aliphatic carbocycles. The Morgan fingerprint density at radius 1 is 0.857 bits per heavy atom. The Hall–Kier alpha value is -1.10. The SMILES string of the molecule is C#C[SiH](C#C)C#C. The van der Waals surface area contributed by atoms with E-state index in [1.807, 2.05) is 0 Å². The van der Waals surface area contributed by atoms with Gasteiger partial charge in [-0.3, -0.25) is 0 Å². The first kappa shape index (κ1) is 5.90. The van der Waals surface area contributed by atoms with Crippen molar-refractivity contribution in [3.63, 3.8) is 0 Å². The Kier molecular flexibility index (Phi) is 2.61. The van der Waals surface area contributed by atoms with E-state index in [1.54, 1.807) is 0 Å². The molecule has 0 heterocycles. The average Bonchev–Trinajstić information content (AvgIpc) is 1.72. The molecule has 7 heavy (non-hydrogen) atoms.